The predicted octanol–water partition coefficient (Wildman–Crippen LogP) is -1.37. The van der Waals surface area contributed by atoms with Crippen LogP contribution in [0, 0.1) is 0 Å². The molecule has 1 aliphatic heterocycles. The number of allylic oxidation sites excluding steroid dienone is 3. The average molecular weight is 227 g/mol. The van der Waals surface area contributed by atoms with Gasteiger partial charge in [0.05, 0.1) is 17.1 Å². The van der Waals surface area contributed by atoms with Crippen molar-refractivity contribution in [3.63, 3.8) is 0 Å². The van der Waals surface area contributed by atoms with Gasteiger partial charge in [-0.05, 0) is 0 Å². The Kier molecular flexibility index (Phi) is 5.38. The lowest BCUT2D eigenvalue weighted by Gasteiger charge is -2.02. The number of hydrogen-bond donors (Lipinski definition) is 0. The molecule has 1 heterocycles. The number of aliphatic imine (C=N–C) groups is 1. The Balaban J connectivity index is 0.00000121. The Labute approximate surface area is 87.3 Å². The van der Waals surface area contributed by atoms with Gasteiger partial charge in [-0.2, -0.15) is 0 Å². The molecule has 0 aromatic carbocycles. The van der Waals surface area contributed by atoms with Crippen LogP contribution in [0.2, 0.25) is 0 Å². The fourth-order valence-electron chi connectivity index (χ4n) is 0.775. The van der Waals surface area contributed by atoms with Gasteiger partial charge in [0.25, 0.3) is 0 Å². The molecule has 5 heteroatoms. The zero-order valence-corrected chi connectivity index (χ0v) is 8.62. The highest BCUT2D eigenvalue weighted by Gasteiger charge is 2.22. The van der Waals surface area contributed by atoms with Gasteiger partial charge in [0.2, 0.25) is 12.0 Å². The van der Waals surface area contributed by atoms with Crippen molar-refractivity contribution in [1.29, 1.82) is 0 Å². The van der Waals surface area contributed by atoms with Crippen LogP contribution in [0.15, 0.2) is 23.1 Å². The summed E-state index contributed by atoms with van der Waals surface area (Å²) in [5.74, 6) is 0.869. The third kappa shape index (κ3) is 2.41. The summed E-state index contributed by atoms with van der Waals surface area (Å²) in [5, 5.41) is 0.540. The van der Waals surface area contributed by atoms with Gasteiger partial charge in [-0.1, -0.05) is 11.6 Å². The number of hydrogen-bond acceptors (Lipinski definition) is 2. The standard InChI is InChI=1S/C7H7Cl2NO.ClH/c1-11-7-5(9)2-3-10-6(7)4-8;/h2-3H,4H2,1H3;1H/q+1;/p-1. The lowest BCUT2D eigenvalue weighted by molar-refractivity contribution is -0.00000247. The first kappa shape index (κ1) is 11.8. The van der Waals surface area contributed by atoms with Crippen LogP contribution in [-0.2, 0) is 4.74 Å². The molecular formula is C7H7Cl3NO. The summed E-state index contributed by atoms with van der Waals surface area (Å²) in [5.41, 5.74) is 0.668. The molecule has 1 radical (unpaired) electrons. The fraction of sp³-hybridized carbons (Fsp3) is 0.286. The summed E-state index contributed by atoms with van der Waals surface area (Å²) >= 11 is 11.4. The second kappa shape index (κ2) is 5.46. The lowest BCUT2D eigenvalue weighted by Crippen LogP contribution is -3.00. The molecule has 1 rings (SSSR count). The van der Waals surface area contributed by atoms with Gasteiger partial charge in [-0.25, -0.2) is 0 Å². The van der Waals surface area contributed by atoms with E-state index in [1.165, 1.54) is 0 Å². The maximum absolute atomic E-state index is 5.78. The molecule has 0 saturated heterocycles. The van der Waals surface area contributed by atoms with Crippen molar-refractivity contribution in [3.05, 3.63) is 23.1 Å². The molecule has 0 bridgehead atoms. The highest BCUT2D eigenvalue weighted by Crippen LogP contribution is 2.15. The summed E-state index contributed by atoms with van der Waals surface area (Å²) in [6.45, 7) is 0. The molecule has 0 unspecified atom stereocenters. The monoisotopic (exact) mass is 226 g/mol. The van der Waals surface area contributed by atoms with Gasteiger partial charge >= 0.3 is 5.71 Å². The first-order chi connectivity index (χ1) is 5.29. The highest BCUT2D eigenvalue weighted by molar-refractivity contribution is 6.37. The number of methoxy groups -OCH3 is 1. The van der Waals surface area contributed by atoms with Gasteiger partial charge < -0.3 is 17.1 Å². The Morgan fingerprint density at radius 3 is 2.67 bits per heavy atom. The van der Waals surface area contributed by atoms with Crippen molar-refractivity contribution in [3.8, 4) is 0 Å². The van der Waals surface area contributed by atoms with Gasteiger partial charge in [-0.3, -0.25) is 0 Å². The third-order valence-corrected chi connectivity index (χ3v) is 1.81. The van der Waals surface area contributed by atoms with Crippen LogP contribution in [0.5, 0.6) is 0 Å². The molecule has 67 valence electrons. The quantitative estimate of drug-likeness (QED) is 0.534. The van der Waals surface area contributed by atoms with Crippen molar-refractivity contribution in [1.82, 2.24) is 4.99 Å². The number of rotatable bonds is 2. The van der Waals surface area contributed by atoms with Crippen molar-refractivity contribution in [2.75, 3.05) is 13.0 Å². The molecule has 0 aromatic rings. The Bertz CT molecular complexity index is 245. The normalized spacial score (nSPS) is 15.4. The maximum atomic E-state index is 5.78. The second-order valence-electron chi connectivity index (χ2n) is 1.91. The first-order valence-electron chi connectivity index (χ1n) is 3.03. The van der Waals surface area contributed by atoms with E-state index in [9.17, 15) is 0 Å². The average Bonchev–Trinajstić information content (AvgIpc) is 2.04. The van der Waals surface area contributed by atoms with E-state index in [1.807, 2.05) is 0 Å². The van der Waals surface area contributed by atoms with Gasteiger partial charge in [-0.15, -0.1) is 11.6 Å². The fourth-order valence-corrected chi connectivity index (χ4v) is 1.21. The molecule has 2 nitrogen and oxygen atoms in total. The van der Waals surface area contributed by atoms with Crippen LogP contribution >= 0.6 is 23.2 Å². The van der Waals surface area contributed by atoms with E-state index < -0.39 is 0 Å². The molecule has 1 aliphatic rings. The van der Waals surface area contributed by atoms with E-state index in [-0.39, 0.29) is 12.4 Å². The largest absolute Gasteiger partial charge is 1.00 e. The number of alkyl halides is 1. The van der Waals surface area contributed by atoms with Crippen LogP contribution in [-0.4, -0.2) is 18.7 Å². The van der Waals surface area contributed by atoms with E-state index in [0.717, 1.165) is 0 Å². The molecule has 0 N–H and O–H groups in total. The van der Waals surface area contributed by atoms with Crippen LogP contribution in [0.1, 0.15) is 0 Å². The van der Waals surface area contributed by atoms with E-state index in [2.05, 4.69) is 4.99 Å². The molecule has 0 spiro atoms. The van der Waals surface area contributed by atoms with Crippen molar-refractivity contribution < 1.29 is 17.1 Å². The number of nitrogens with zero attached hydrogens (tertiary/aromatic N) is 1. The SMILES string of the molecule is COC1=C(Cl)C=C[N+]=C1CCl.[Cl-]. The zero-order chi connectivity index (χ0) is 8.27. The molecule has 0 atom stereocenters. The minimum Gasteiger partial charge on any atom is -1.00 e. The summed E-state index contributed by atoms with van der Waals surface area (Å²) < 4.78 is 4.99. The summed E-state index contributed by atoms with van der Waals surface area (Å²) in [4.78, 5) is 3.99. The Hall–Kier alpha value is -0.180. The summed E-state index contributed by atoms with van der Waals surface area (Å²) in [6.07, 6.45) is 3.26. The van der Waals surface area contributed by atoms with Gasteiger partial charge in [0.1, 0.15) is 5.88 Å². The highest BCUT2D eigenvalue weighted by atomic mass is 35.5. The van der Waals surface area contributed by atoms with Gasteiger partial charge in [0, 0.05) is 6.08 Å². The van der Waals surface area contributed by atoms with Crippen molar-refractivity contribution in [2.45, 2.75) is 0 Å². The summed E-state index contributed by atoms with van der Waals surface area (Å²) in [7, 11) is 1.54. The molecule has 0 aromatic heterocycles. The minimum absolute atomic E-state index is 0. The molecular weight excluding hydrogens is 220 g/mol. The smallest absolute Gasteiger partial charge is 0.311 e. The van der Waals surface area contributed by atoms with Crippen molar-refractivity contribution >= 4 is 28.9 Å². The second-order valence-corrected chi connectivity index (χ2v) is 2.58. The van der Waals surface area contributed by atoms with Crippen molar-refractivity contribution in [2.24, 2.45) is 0 Å². The predicted molar refractivity (Wildman–Crippen MR) is 46.9 cm³/mol. The molecule has 12 heavy (non-hydrogen) atoms. The number of ether oxygens (including phenoxy) is 1. The Morgan fingerprint density at radius 1 is 1.58 bits per heavy atom. The van der Waals surface area contributed by atoms with E-state index in [4.69, 9.17) is 27.9 Å². The molecule has 0 amide bonds. The first-order valence-corrected chi connectivity index (χ1v) is 3.94. The van der Waals surface area contributed by atoms with E-state index in [0.29, 0.717) is 22.4 Å². The molecule has 0 fully saturated rings. The Morgan fingerprint density at radius 2 is 2.25 bits per heavy atom. The van der Waals surface area contributed by atoms with E-state index >= 15 is 0 Å². The van der Waals surface area contributed by atoms with Crippen LogP contribution in [0.4, 0.5) is 0 Å². The molecule has 0 saturated carbocycles. The van der Waals surface area contributed by atoms with Crippen LogP contribution in [0.3, 0.4) is 0 Å². The molecule has 0 aliphatic carbocycles. The topological polar surface area (TPSA) is 23.3 Å². The van der Waals surface area contributed by atoms with Gasteiger partial charge in [0.15, 0.2) is 0 Å². The lowest BCUT2D eigenvalue weighted by atomic mass is 10.3. The maximum Gasteiger partial charge on any atom is 0.311 e. The summed E-state index contributed by atoms with van der Waals surface area (Å²) in [6, 6.07) is 0. The minimum atomic E-state index is 0. The number of halogens is 3. The van der Waals surface area contributed by atoms with E-state index in [1.54, 1.807) is 19.4 Å². The van der Waals surface area contributed by atoms with Crippen LogP contribution in [0.25, 0.3) is 0 Å². The van der Waals surface area contributed by atoms with Crippen LogP contribution < -0.4 is 17.4 Å². The third-order valence-electron chi connectivity index (χ3n) is 1.26. The zero-order valence-electron chi connectivity index (χ0n) is 6.35.